The van der Waals surface area contributed by atoms with E-state index in [1.54, 1.807) is 0 Å². The van der Waals surface area contributed by atoms with E-state index >= 15 is 0 Å². The van der Waals surface area contributed by atoms with Crippen LogP contribution in [0, 0.1) is 37.0 Å². The summed E-state index contributed by atoms with van der Waals surface area (Å²) in [4.78, 5) is 6.09. The van der Waals surface area contributed by atoms with Gasteiger partial charge in [-0.15, -0.1) is 0 Å². The summed E-state index contributed by atoms with van der Waals surface area (Å²) in [6, 6.07) is 77.1. The zero-order valence-electron chi connectivity index (χ0n) is 46.5. The van der Waals surface area contributed by atoms with Crippen molar-refractivity contribution >= 4 is 17.2 Å². The number of hydrogen-bond acceptors (Lipinski definition) is 1. The van der Waals surface area contributed by atoms with E-state index in [2.05, 4.69) is 231 Å². The third-order valence-corrected chi connectivity index (χ3v) is 16.2. The van der Waals surface area contributed by atoms with Crippen LogP contribution in [0.15, 0.2) is 217 Å². The molecule has 3 heteroatoms. The third-order valence-electron chi connectivity index (χ3n) is 16.2. The molecule has 0 radical (unpaired) electrons. The summed E-state index contributed by atoms with van der Waals surface area (Å²) in [5.74, 6) is 4.31. The van der Waals surface area contributed by atoms with Crippen LogP contribution in [0.2, 0.25) is 0 Å². The third kappa shape index (κ3) is 13.7. The van der Waals surface area contributed by atoms with Gasteiger partial charge < -0.3 is 10.3 Å². The van der Waals surface area contributed by atoms with Crippen LogP contribution in [-0.2, 0) is 0 Å². The number of amidine groups is 1. The van der Waals surface area contributed by atoms with E-state index in [1.807, 2.05) is 36.4 Å². The van der Waals surface area contributed by atoms with Gasteiger partial charge in [-0.3, -0.25) is 0 Å². The fourth-order valence-electron chi connectivity index (χ4n) is 12.9. The van der Waals surface area contributed by atoms with E-state index in [4.69, 9.17) is 10.3 Å². The van der Waals surface area contributed by atoms with Crippen LogP contribution in [0.3, 0.4) is 0 Å². The van der Waals surface area contributed by atoms with E-state index in [0.29, 0.717) is 17.8 Å². The van der Waals surface area contributed by atoms with Gasteiger partial charge in [0.05, 0.1) is 0 Å². The van der Waals surface area contributed by atoms with Crippen LogP contribution >= 0.6 is 0 Å². The predicted molar refractivity (Wildman–Crippen MR) is 316 cm³/mol. The van der Waals surface area contributed by atoms with Gasteiger partial charge in [-0.2, -0.15) is 0 Å². The van der Waals surface area contributed by atoms with Crippen molar-refractivity contribution in [3.63, 3.8) is 0 Å². The maximum atomic E-state index is 6.34. The molecule has 8 aromatic rings. The SMILES string of the molecule is CC(C)c1cc(C(c2ccccc2)c2ccccc2)c([N-]C(=Nc2c(C(C)C)cccc2C(C)C)C23CC4CC(CC(C4)C2)C3)c(C(c2ccccc2)c2ccccc2)c1.Cc1ccccc1.Cc1ccccc1.[K+]. The van der Waals surface area contributed by atoms with E-state index in [0.717, 1.165) is 35.0 Å². The molecule has 2 nitrogen and oxygen atoms in total. The molecular formula is C72H79KN2. The molecule has 0 amide bonds. The summed E-state index contributed by atoms with van der Waals surface area (Å²) >= 11 is 0. The number of benzene rings is 8. The monoisotopic (exact) mass is 1010 g/mol. The maximum Gasteiger partial charge on any atom is 1.00 e. The second-order valence-corrected chi connectivity index (χ2v) is 22.9. The Morgan fingerprint density at radius 3 is 1.00 bits per heavy atom. The van der Waals surface area contributed by atoms with Crippen molar-refractivity contribution in [1.29, 1.82) is 0 Å². The van der Waals surface area contributed by atoms with Crippen LogP contribution in [-0.4, -0.2) is 5.84 Å². The van der Waals surface area contributed by atoms with Crippen LogP contribution in [0.4, 0.5) is 11.4 Å². The molecule has 0 saturated heterocycles. The number of rotatable bonds is 12. The minimum absolute atomic E-state index is 0. The van der Waals surface area contributed by atoms with Crippen LogP contribution in [0.5, 0.6) is 0 Å². The molecule has 378 valence electrons. The molecule has 75 heavy (non-hydrogen) atoms. The summed E-state index contributed by atoms with van der Waals surface area (Å²) < 4.78 is 0. The number of aryl methyl sites for hydroxylation is 2. The van der Waals surface area contributed by atoms with Crippen LogP contribution in [0.25, 0.3) is 5.32 Å². The number of aliphatic imine (C=N–C) groups is 1. The molecule has 0 unspecified atom stereocenters. The van der Waals surface area contributed by atoms with Gasteiger partial charge in [-0.25, -0.2) is 0 Å². The van der Waals surface area contributed by atoms with Crippen LogP contribution < -0.4 is 51.4 Å². The zero-order valence-corrected chi connectivity index (χ0v) is 49.6. The molecule has 0 aromatic heterocycles. The van der Waals surface area contributed by atoms with Gasteiger partial charge in [0.2, 0.25) is 0 Å². The fraction of sp³-hybridized carbons (Fsp3) is 0.319. The Balaban J connectivity index is 0.000000432. The van der Waals surface area contributed by atoms with E-state index in [1.165, 1.54) is 99.7 Å². The molecular weight excluding hydrogens is 932 g/mol. The Hall–Kier alpha value is -5.13. The second kappa shape index (κ2) is 26.3. The van der Waals surface area contributed by atoms with E-state index in [9.17, 15) is 0 Å². The minimum Gasteiger partial charge on any atom is -0.439 e. The minimum atomic E-state index is -0.0532. The van der Waals surface area contributed by atoms with Gasteiger partial charge in [-0.05, 0) is 155 Å². The average molecular weight is 1010 g/mol. The van der Waals surface area contributed by atoms with E-state index in [-0.39, 0.29) is 68.6 Å². The summed E-state index contributed by atoms with van der Waals surface area (Å²) in [5.41, 5.74) is 16.5. The van der Waals surface area contributed by atoms with Gasteiger partial charge in [0, 0.05) is 11.8 Å². The first-order valence-electron chi connectivity index (χ1n) is 27.8. The fourth-order valence-corrected chi connectivity index (χ4v) is 12.9. The molecule has 4 saturated carbocycles. The van der Waals surface area contributed by atoms with Crippen LogP contribution in [0.1, 0.15) is 171 Å². The first-order valence-corrected chi connectivity index (χ1v) is 27.8. The van der Waals surface area contributed by atoms with Gasteiger partial charge in [0.25, 0.3) is 0 Å². The van der Waals surface area contributed by atoms with Crippen molar-refractivity contribution in [2.24, 2.45) is 28.2 Å². The second-order valence-electron chi connectivity index (χ2n) is 22.9. The maximum absolute atomic E-state index is 6.34. The molecule has 0 spiro atoms. The van der Waals surface area contributed by atoms with Crippen molar-refractivity contribution in [3.8, 4) is 0 Å². The first-order chi connectivity index (χ1) is 36.0. The quantitative estimate of drug-likeness (QED) is 0.0505. The summed E-state index contributed by atoms with van der Waals surface area (Å²) in [5, 5.41) is 6.34. The molecule has 0 N–H and O–H groups in total. The van der Waals surface area contributed by atoms with E-state index < -0.39 is 0 Å². The Labute approximate surface area is 494 Å². The number of para-hydroxylation sites is 1. The largest absolute Gasteiger partial charge is 1.00 e. The van der Waals surface area contributed by atoms with Crippen molar-refractivity contribution in [3.05, 3.63) is 279 Å². The summed E-state index contributed by atoms with van der Waals surface area (Å²) in [7, 11) is 0. The summed E-state index contributed by atoms with van der Waals surface area (Å²) in [6.45, 7) is 18.2. The molecule has 4 aliphatic carbocycles. The van der Waals surface area contributed by atoms with Gasteiger partial charge >= 0.3 is 51.4 Å². The smallest absolute Gasteiger partial charge is 0.439 e. The molecule has 4 fully saturated rings. The summed E-state index contributed by atoms with van der Waals surface area (Å²) in [6.07, 6.45) is 7.70. The molecule has 4 aliphatic rings. The molecule has 0 heterocycles. The molecule has 0 aliphatic heterocycles. The number of nitrogens with zero attached hydrogens (tertiary/aromatic N) is 2. The molecule has 0 atom stereocenters. The van der Waals surface area contributed by atoms with Gasteiger partial charge in [-0.1, -0.05) is 271 Å². The normalized spacial score (nSPS) is 18.6. The van der Waals surface area contributed by atoms with Crippen molar-refractivity contribution in [2.45, 2.75) is 124 Å². The predicted octanol–water partition coefficient (Wildman–Crippen LogP) is 17.4. The number of hydrogen-bond donors (Lipinski definition) is 0. The van der Waals surface area contributed by atoms with Crippen molar-refractivity contribution in [1.82, 2.24) is 0 Å². The topological polar surface area (TPSA) is 26.5 Å². The Morgan fingerprint density at radius 1 is 0.400 bits per heavy atom. The van der Waals surface area contributed by atoms with Gasteiger partial charge in [0.1, 0.15) is 0 Å². The Morgan fingerprint density at radius 2 is 0.720 bits per heavy atom. The molecule has 8 aromatic carbocycles. The van der Waals surface area contributed by atoms with Crippen molar-refractivity contribution < 1.29 is 51.4 Å². The molecule has 4 bridgehead atoms. The standard InChI is InChI=1S/C58H63N2.2C7H8.K/c1-38(2)48-33-51(53(44-20-11-7-12-21-44)45-22-13-8-14-23-45)56(52(34-48)54(46-24-15-9-16-25-46)47-26-17-10-18-27-47)60-57(58-35-41-30-42(36-58)32-43(31-41)37-58)59-55-49(39(3)4)28-19-29-50(55)40(5)6;2*1-7-5-3-2-4-6-7;/h7-29,33-34,38-43,53-54H,30-32,35-37H2,1-6H3;2*2-6H,1H3;/q-1;;;+1. The van der Waals surface area contributed by atoms with Crippen molar-refractivity contribution in [2.75, 3.05) is 0 Å². The first kappa shape index (κ1) is 56.1. The Bertz CT molecular complexity index is 2750. The molecule has 12 rings (SSSR count). The van der Waals surface area contributed by atoms with Gasteiger partial charge in [0.15, 0.2) is 0 Å². The zero-order chi connectivity index (χ0) is 51.6. The Kier molecular flexibility index (Phi) is 19.6. The average Bonchev–Trinajstić information content (AvgIpc) is 3.44.